The number of carbonyl (C=O) groups excluding carboxylic acids is 3. The molecule has 35 heavy (non-hydrogen) atoms. The number of benzene rings is 1. The van der Waals surface area contributed by atoms with E-state index < -0.39 is 66.9 Å². The van der Waals surface area contributed by atoms with E-state index in [1.54, 1.807) is 6.26 Å². The number of rotatable bonds is 15. The SMILES string of the molecule is CSCCC(NC(=O)C(Cc1ccc(O)cc1)NC(=O)C(N)CC(=O)O)C(=O)NC(CO)C(=O)O. The number of hydrogen-bond acceptors (Lipinski definition) is 9. The first kappa shape index (κ1) is 29.7. The van der Waals surface area contributed by atoms with Crippen molar-refractivity contribution >= 4 is 41.4 Å². The van der Waals surface area contributed by atoms with Gasteiger partial charge < -0.3 is 42.1 Å². The van der Waals surface area contributed by atoms with Gasteiger partial charge in [0.05, 0.1) is 19.1 Å². The third-order valence-electron chi connectivity index (χ3n) is 4.78. The van der Waals surface area contributed by atoms with E-state index in [2.05, 4.69) is 16.0 Å². The highest BCUT2D eigenvalue weighted by molar-refractivity contribution is 7.98. The molecule has 0 spiro atoms. The van der Waals surface area contributed by atoms with Crippen LogP contribution in [0, 0.1) is 0 Å². The molecule has 0 aliphatic heterocycles. The second-order valence-corrected chi connectivity index (χ2v) is 8.55. The summed E-state index contributed by atoms with van der Waals surface area (Å²) in [6.07, 6.45) is 1.13. The second-order valence-electron chi connectivity index (χ2n) is 7.56. The highest BCUT2D eigenvalue weighted by Crippen LogP contribution is 2.12. The third-order valence-corrected chi connectivity index (χ3v) is 5.43. The molecule has 9 N–H and O–H groups in total. The molecule has 0 aliphatic carbocycles. The number of amides is 3. The van der Waals surface area contributed by atoms with Crippen molar-refractivity contribution in [3.63, 3.8) is 0 Å². The first-order valence-corrected chi connectivity index (χ1v) is 11.9. The van der Waals surface area contributed by atoms with Crippen molar-refractivity contribution < 1.29 is 44.4 Å². The minimum Gasteiger partial charge on any atom is -0.508 e. The lowest BCUT2D eigenvalue weighted by atomic mass is 10.0. The largest absolute Gasteiger partial charge is 0.508 e. The number of aromatic hydroxyl groups is 1. The van der Waals surface area contributed by atoms with Crippen LogP contribution in [0.3, 0.4) is 0 Å². The lowest BCUT2D eigenvalue weighted by Gasteiger charge is -2.25. The van der Waals surface area contributed by atoms with Crippen molar-refractivity contribution in [3.8, 4) is 5.75 Å². The molecule has 13 nitrogen and oxygen atoms in total. The lowest BCUT2D eigenvalue weighted by molar-refractivity contribution is -0.143. The molecule has 0 saturated carbocycles. The zero-order valence-electron chi connectivity index (χ0n) is 19.0. The fourth-order valence-electron chi connectivity index (χ4n) is 2.87. The van der Waals surface area contributed by atoms with E-state index in [-0.39, 0.29) is 18.6 Å². The Morgan fingerprint density at radius 3 is 1.97 bits per heavy atom. The van der Waals surface area contributed by atoms with Crippen LogP contribution >= 0.6 is 11.8 Å². The van der Waals surface area contributed by atoms with Crippen LogP contribution in [0.15, 0.2) is 24.3 Å². The summed E-state index contributed by atoms with van der Waals surface area (Å²) in [5, 5.41) is 43.6. The highest BCUT2D eigenvalue weighted by Gasteiger charge is 2.30. The van der Waals surface area contributed by atoms with Gasteiger partial charge in [-0.3, -0.25) is 19.2 Å². The van der Waals surface area contributed by atoms with Gasteiger partial charge in [0, 0.05) is 6.42 Å². The molecule has 0 heterocycles. The molecule has 0 fully saturated rings. The molecule has 1 rings (SSSR count). The van der Waals surface area contributed by atoms with Crippen LogP contribution in [0.2, 0.25) is 0 Å². The van der Waals surface area contributed by atoms with Gasteiger partial charge in [-0.1, -0.05) is 12.1 Å². The number of carboxylic acids is 2. The van der Waals surface area contributed by atoms with Crippen LogP contribution < -0.4 is 21.7 Å². The van der Waals surface area contributed by atoms with Crippen molar-refractivity contribution in [3.05, 3.63) is 29.8 Å². The Hall–Kier alpha value is -3.36. The Morgan fingerprint density at radius 2 is 1.46 bits per heavy atom. The van der Waals surface area contributed by atoms with E-state index in [4.69, 9.17) is 21.1 Å². The second kappa shape index (κ2) is 14.8. The van der Waals surface area contributed by atoms with E-state index in [1.165, 1.54) is 36.0 Å². The van der Waals surface area contributed by atoms with Gasteiger partial charge in [0.1, 0.15) is 23.9 Å². The first-order valence-electron chi connectivity index (χ1n) is 10.5. The summed E-state index contributed by atoms with van der Waals surface area (Å²) in [4.78, 5) is 60.1. The number of nitrogens with one attached hydrogen (secondary N) is 3. The zero-order chi connectivity index (χ0) is 26.5. The molecule has 0 aromatic heterocycles. The zero-order valence-corrected chi connectivity index (χ0v) is 19.8. The molecular formula is C21H30N4O9S. The number of aliphatic carboxylic acids is 2. The maximum absolute atomic E-state index is 13.1. The van der Waals surface area contributed by atoms with Gasteiger partial charge in [0.2, 0.25) is 17.7 Å². The number of nitrogens with two attached hydrogens (primary N) is 1. The summed E-state index contributed by atoms with van der Waals surface area (Å²) in [5.41, 5.74) is 6.12. The van der Waals surface area contributed by atoms with Crippen molar-refractivity contribution in [2.45, 2.75) is 43.4 Å². The van der Waals surface area contributed by atoms with Crippen LogP contribution in [-0.4, -0.2) is 92.9 Å². The molecule has 14 heteroatoms. The van der Waals surface area contributed by atoms with Crippen LogP contribution in [0.4, 0.5) is 0 Å². The maximum Gasteiger partial charge on any atom is 0.328 e. The van der Waals surface area contributed by atoms with Crippen molar-refractivity contribution in [1.29, 1.82) is 0 Å². The minimum absolute atomic E-state index is 0.0204. The van der Waals surface area contributed by atoms with Gasteiger partial charge in [-0.25, -0.2) is 4.79 Å². The number of phenolic OH excluding ortho intramolecular Hbond substituents is 1. The predicted octanol–water partition coefficient (Wildman–Crippen LogP) is -1.98. The van der Waals surface area contributed by atoms with Crippen LogP contribution in [0.25, 0.3) is 0 Å². The predicted molar refractivity (Wildman–Crippen MR) is 126 cm³/mol. The monoisotopic (exact) mass is 514 g/mol. The van der Waals surface area contributed by atoms with Gasteiger partial charge in [-0.05, 0) is 36.1 Å². The molecule has 0 saturated heterocycles. The average molecular weight is 515 g/mol. The van der Waals surface area contributed by atoms with E-state index in [0.29, 0.717) is 11.3 Å². The van der Waals surface area contributed by atoms with Crippen LogP contribution in [0.1, 0.15) is 18.4 Å². The minimum atomic E-state index is -1.57. The Kier molecular flexibility index (Phi) is 12.6. The van der Waals surface area contributed by atoms with Crippen molar-refractivity contribution in [2.24, 2.45) is 5.73 Å². The molecule has 3 amide bonds. The number of thioether (sulfide) groups is 1. The van der Waals surface area contributed by atoms with Gasteiger partial charge in [0.15, 0.2) is 0 Å². The molecule has 0 radical (unpaired) electrons. The van der Waals surface area contributed by atoms with Gasteiger partial charge >= 0.3 is 11.9 Å². The Labute approximate surface area is 205 Å². The Balaban J connectivity index is 3.09. The molecular weight excluding hydrogens is 484 g/mol. The number of phenols is 1. The summed E-state index contributed by atoms with van der Waals surface area (Å²) in [7, 11) is 0. The van der Waals surface area contributed by atoms with Crippen molar-refractivity contribution in [2.75, 3.05) is 18.6 Å². The number of carbonyl (C=O) groups is 5. The standard InChI is InChI=1S/C21H30N4O9S/c1-35-7-6-14(19(31)25-16(10-26)21(33)34)23-20(32)15(8-11-2-4-12(27)5-3-11)24-18(30)13(22)9-17(28)29/h2-5,13-16,26-27H,6-10,22H2,1H3,(H,23,32)(H,24,30)(H,25,31)(H,28,29)(H,33,34). The fourth-order valence-corrected chi connectivity index (χ4v) is 3.34. The number of hydrogen-bond donors (Lipinski definition) is 8. The topological polar surface area (TPSA) is 228 Å². The van der Waals surface area contributed by atoms with Crippen molar-refractivity contribution in [1.82, 2.24) is 16.0 Å². The molecule has 4 atom stereocenters. The summed E-state index contributed by atoms with van der Waals surface area (Å²) >= 11 is 1.38. The molecule has 194 valence electrons. The summed E-state index contributed by atoms with van der Waals surface area (Å²) in [6.45, 7) is -0.856. The molecule has 0 aliphatic rings. The number of aliphatic hydroxyl groups is 1. The summed E-state index contributed by atoms with van der Waals surface area (Å²) < 4.78 is 0. The normalized spacial score (nSPS) is 14.1. The van der Waals surface area contributed by atoms with E-state index >= 15 is 0 Å². The summed E-state index contributed by atoms with van der Waals surface area (Å²) in [6, 6.07) is 0.303. The number of carboxylic acid groups (broad SMARTS) is 2. The van der Waals surface area contributed by atoms with Crippen LogP contribution in [0.5, 0.6) is 5.75 Å². The summed E-state index contributed by atoms with van der Waals surface area (Å²) in [5.74, 6) is -4.90. The molecule has 1 aromatic rings. The maximum atomic E-state index is 13.1. The Bertz CT molecular complexity index is 897. The third kappa shape index (κ3) is 10.6. The van der Waals surface area contributed by atoms with Crippen LogP contribution in [-0.2, 0) is 30.4 Å². The average Bonchev–Trinajstić information content (AvgIpc) is 2.79. The Morgan fingerprint density at radius 1 is 0.914 bits per heavy atom. The van der Waals surface area contributed by atoms with Gasteiger partial charge in [0.25, 0.3) is 0 Å². The van der Waals surface area contributed by atoms with Gasteiger partial charge in [-0.15, -0.1) is 0 Å². The van der Waals surface area contributed by atoms with E-state index in [0.717, 1.165) is 0 Å². The smallest absolute Gasteiger partial charge is 0.328 e. The quantitative estimate of drug-likeness (QED) is 0.128. The number of aliphatic hydroxyl groups excluding tert-OH is 1. The first-order chi connectivity index (χ1) is 16.5. The fraction of sp³-hybridized carbons (Fsp3) is 0.476. The molecule has 4 unspecified atom stereocenters. The molecule has 0 bridgehead atoms. The lowest BCUT2D eigenvalue weighted by Crippen LogP contribution is -2.58. The van der Waals surface area contributed by atoms with E-state index in [1.807, 2.05) is 0 Å². The molecule has 1 aromatic carbocycles. The van der Waals surface area contributed by atoms with Gasteiger partial charge in [-0.2, -0.15) is 11.8 Å². The highest BCUT2D eigenvalue weighted by atomic mass is 32.2. The van der Waals surface area contributed by atoms with E-state index in [9.17, 15) is 29.1 Å².